The molecular weight excluding hydrogens is 416 g/mol. The fraction of sp³-hybridized carbons (Fsp3) is 0.231. The summed E-state index contributed by atoms with van der Waals surface area (Å²) in [6.07, 6.45) is 0. The summed E-state index contributed by atoms with van der Waals surface area (Å²) in [5, 5.41) is 3.54. The molecule has 1 amide bonds. The van der Waals surface area contributed by atoms with Gasteiger partial charge < -0.3 is 15.1 Å². The van der Waals surface area contributed by atoms with Crippen molar-refractivity contribution in [1.29, 1.82) is 0 Å². The van der Waals surface area contributed by atoms with Gasteiger partial charge in [0.15, 0.2) is 5.17 Å². The first-order chi connectivity index (χ1) is 15.3. The van der Waals surface area contributed by atoms with Crippen molar-refractivity contribution in [1.82, 2.24) is 5.32 Å². The molecule has 0 unspecified atom stereocenters. The zero-order chi connectivity index (χ0) is 22.9. The topological polar surface area (TPSA) is 47.9 Å². The van der Waals surface area contributed by atoms with Crippen molar-refractivity contribution in [2.24, 2.45) is 4.99 Å². The van der Waals surface area contributed by atoms with Crippen LogP contribution in [0.15, 0.2) is 77.8 Å². The van der Waals surface area contributed by atoms with Gasteiger partial charge in [-0.05, 0) is 41.5 Å². The molecule has 0 aliphatic carbocycles. The van der Waals surface area contributed by atoms with Crippen LogP contribution in [0.25, 0.3) is 0 Å². The number of carbonyl (C=O) groups excluding carboxylic acids is 1. The SMILES string of the molecule is CC(=O)NC1=Nc2ccccc2C(c2ccc(N(C)C)cc2)(c2ccc(N(C)C)cc2)S1. The van der Waals surface area contributed by atoms with Crippen LogP contribution in [0.5, 0.6) is 0 Å². The van der Waals surface area contributed by atoms with Gasteiger partial charge in [-0.15, -0.1) is 0 Å². The summed E-state index contributed by atoms with van der Waals surface area (Å²) >= 11 is 1.58. The van der Waals surface area contributed by atoms with E-state index in [0.717, 1.165) is 33.8 Å². The van der Waals surface area contributed by atoms with Gasteiger partial charge in [0.05, 0.1) is 5.69 Å². The predicted octanol–water partition coefficient (Wildman–Crippen LogP) is 4.98. The Hall–Kier alpha value is -3.25. The Morgan fingerprint density at radius 2 is 1.31 bits per heavy atom. The third-order valence-electron chi connectivity index (χ3n) is 5.62. The molecule has 0 radical (unpaired) electrons. The first-order valence-corrected chi connectivity index (χ1v) is 11.3. The fourth-order valence-corrected chi connectivity index (χ4v) is 5.41. The fourth-order valence-electron chi connectivity index (χ4n) is 3.99. The molecule has 0 saturated carbocycles. The van der Waals surface area contributed by atoms with Gasteiger partial charge >= 0.3 is 0 Å². The Labute approximate surface area is 194 Å². The average Bonchev–Trinajstić information content (AvgIpc) is 2.78. The zero-order valence-electron chi connectivity index (χ0n) is 19.1. The Kier molecular flexibility index (Phi) is 5.98. The molecule has 6 heteroatoms. The molecule has 0 aromatic heterocycles. The highest BCUT2D eigenvalue weighted by Gasteiger charge is 2.43. The van der Waals surface area contributed by atoms with E-state index in [9.17, 15) is 4.79 Å². The molecule has 1 heterocycles. The van der Waals surface area contributed by atoms with Crippen molar-refractivity contribution in [2.75, 3.05) is 38.0 Å². The van der Waals surface area contributed by atoms with Crippen LogP contribution in [0.3, 0.4) is 0 Å². The van der Waals surface area contributed by atoms with E-state index in [1.54, 1.807) is 11.8 Å². The van der Waals surface area contributed by atoms with Gasteiger partial charge in [-0.3, -0.25) is 4.79 Å². The van der Waals surface area contributed by atoms with Gasteiger partial charge in [0, 0.05) is 52.1 Å². The molecule has 164 valence electrons. The van der Waals surface area contributed by atoms with Crippen LogP contribution in [0.4, 0.5) is 17.1 Å². The van der Waals surface area contributed by atoms with E-state index in [4.69, 9.17) is 4.99 Å². The van der Waals surface area contributed by atoms with E-state index >= 15 is 0 Å². The Morgan fingerprint density at radius 3 is 1.78 bits per heavy atom. The van der Waals surface area contributed by atoms with Gasteiger partial charge in [-0.1, -0.05) is 54.2 Å². The number of thioether (sulfide) groups is 1. The van der Waals surface area contributed by atoms with Crippen molar-refractivity contribution in [3.63, 3.8) is 0 Å². The summed E-state index contributed by atoms with van der Waals surface area (Å²) in [6, 6.07) is 25.4. The minimum atomic E-state index is -0.550. The van der Waals surface area contributed by atoms with Crippen molar-refractivity contribution in [3.8, 4) is 0 Å². The number of hydrogen-bond acceptors (Lipinski definition) is 5. The molecule has 0 spiro atoms. The lowest BCUT2D eigenvalue weighted by atomic mass is 9.82. The minimum absolute atomic E-state index is 0.129. The van der Waals surface area contributed by atoms with Gasteiger partial charge in [0.2, 0.25) is 5.91 Å². The highest BCUT2D eigenvalue weighted by atomic mass is 32.2. The molecule has 1 N–H and O–H groups in total. The first kappa shape index (κ1) is 22.0. The molecule has 32 heavy (non-hydrogen) atoms. The summed E-state index contributed by atoms with van der Waals surface area (Å²) in [7, 11) is 8.15. The second-order valence-corrected chi connectivity index (χ2v) is 9.48. The molecule has 3 aromatic rings. The number of carbonyl (C=O) groups is 1. The Morgan fingerprint density at radius 1 is 0.812 bits per heavy atom. The van der Waals surface area contributed by atoms with E-state index in [2.05, 4.69) is 75.8 Å². The van der Waals surface area contributed by atoms with Gasteiger partial charge in [0.25, 0.3) is 0 Å². The van der Waals surface area contributed by atoms with Crippen LogP contribution in [-0.2, 0) is 9.54 Å². The predicted molar refractivity (Wildman–Crippen MR) is 136 cm³/mol. The number of nitrogens with zero attached hydrogens (tertiary/aromatic N) is 3. The first-order valence-electron chi connectivity index (χ1n) is 10.5. The summed E-state index contributed by atoms with van der Waals surface area (Å²) in [6.45, 7) is 1.52. The molecular formula is C26H28N4OS. The molecule has 0 fully saturated rings. The quantitative estimate of drug-likeness (QED) is 0.617. The summed E-state index contributed by atoms with van der Waals surface area (Å²) in [5.74, 6) is -0.129. The Bertz CT molecular complexity index is 1100. The summed E-state index contributed by atoms with van der Waals surface area (Å²) < 4.78 is -0.550. The summed E-state index contributed by atoms with van der Waals surface area (Å²) in [4.78, 5) is 20.9. The number of nitrogens with one attached hydrogen (secondary N) is 1. The number of amides is 1. The van der Waals surface area contributed by atoms with Crippen LogP contribution in [0.2, 0.25) is 0 Å². The van der Waals surface area contributed by atoms with E-state index in [0.29, 0.717) is 5.17 Å². The lowest BCUT2D eigenvalue weighted by molar-refractivity contribution is -0.117. The van der Waals surface area contributed by atoms with Crippen LogP contribution in [-0.4, -0.2) is 39.3 Å². The number of para-hydroxylation sites is 1. The molecule has 1 aliphatic heterocycles. The van der Waals surface area contributed by atoms with Gasteiger partial charge in [-0.25, -0.2) is 4.99 Å². The molecule has 1 aliphatic rings. The second kappa shape index (κ2) is 8.71. The molecule has 0 saturated heterocycles. The number of rotatable bonds is 4. The minimum Gasteiger partial charge on any atom is -0.378 e. The molecule has 3 aromatic carbocycles. The van der Waals surface area contributed by atoms with Crippen LogP contribution >= 0.6 is 11.8 Å². The van der Waals surface area contributed by atoms with Crippen molar-refractivity contribution < 1.29 is 4.79 Å². The standard InChI is InChI=1S/C26H28N4OS/c1-18(31)27-25-28-24-9-7-6-8-23(24)26(32-25,19-10-14-21(15-11-19)29(2)3)20-12-16-22(17-13-20)30(4)5/h6-17H,1-5H3,(H,27,28,31). The zero-order valence-corrected chi connectivity index (χ0v) is 19.9. The molecule has 0 bridgehead atoms. The van der Waals surface area contributed by atoms with Gasteiger partial charge in [-0.2, -0.15) is 0 Å². The highest BCUT2D eigenvalue weighted by molar-refractivity contribution is 8.15. The van der Waals surface area contributed by atoms with E-state index in [1.165, 1.54) is 6.92 Å². The third kappa shape index (κ3) is 3.98. The smallest absolute Gasteiger partial charge is 0.222 e. The lowest BCUT2D eigenvalue weighted by Gasteiger charge is -2.39. The molecule has 5 nitrogen and oxygen atoms in total. The van der Waals surface area contributed by atoms with Crippen LogP contribution < -0.4 is 15.1 Å². The Balaban J connectivity index is 1.97. The number of hydrogen-bond donors (Lipinski definition) is 1. The maximum Gasteiger partial charge on any atom is 0.222 e. The maximum absolute atomic E-state index is 11.9. The normalized spacial score (nSPS) is 14.2. The van der Waals surface area contributed by atoms with Crippen molar-refractivity contribution in [3.05, 3.63) is 89.5 Å². The number of amidine groups is 1. The maximum atomic E-state index is 11.9. The van der Waals surface area contributed by atoms with Crippen molar-refractivity contribution in [2.45, 2.75) is 11.7 Å². The van der Waals surface area contributed by atoms with E-state index in [1.807, 2.05) is 40.3 Å². The van der Waals surface area contributed by atoms with Gasteiger partial charge in [0.1, 0.15) is 4.75 Å². The molecule has 0 atom stereocenters. The van der Waals surface area contributed by atoms with E-state index in [-0.39, 0.29) is 5.91 Å². The van der Waals surface area contributed by atoms with Crippen molar-refractivity contribution >= 4 is 39.9 Å². The third-order valence-corrected chi connectivity index (χ3v) is 7.00. The highest BCUT2D eigenvalue weighted by Crippen LogP contribution is 2.54. The average molecular weight is 445 g/mol. The largest absolute Gasteiger partial charge is 0.378 e. The molecule has 4 rings (SSSR count). The van der Waals surface area contributed by atoms with E-state index < -0.39 is 4.75 Å². The summed E-state index contributed by atoms with van der Waals surface area (Å²) in [5.41, 5.74) is 6.51. The monoisotopic (exact) mass is 444 g/mol. The second-order valence-electron chi connectivity index (χ2n) is 8.28. The van der Waals surface area contributed by atoms with Crippen LogP contribution in [0.1, 0.15) is 23.6 Å². The number of benzene rings is 3. The number of fused-ring (bicyclic) bond motifs is 1. The lowest BCUT2D eigenvalue weighted by Crippen LogP contribution is -2.36. The number of aliphatic imine (C=N–C) groups is 1. The number of anilines is 2. The van der Waals surface area contributed by atoms with Crippen LogP contribution in [0, 0.1) is 0 Å².